The number of aryl methyl sites for hydroxylation is 1. The first kappa shape index (κ1) is 13.2. The summed E-state index contributed by atoms with van der Waals surface area (Å²) in [7, 11) is 0. The van der Waals surface area contributed by atoms with Crippen molar-refractivity contribution in [2.75, 3.05) is 0 Å². The maximum Gasteiger partial charge on any atom is 0.157 e. The molecule has 1 heterocycles. The molecule has 4 nitrogen and oxygen atoms in total. The van der Waals surface area contributed by atoms with E-state index < -0.39 is 0 Å². The van der Waals surface area contributed by atoms with E-state index in [4.69, 9.17) is 4.74 Å². The van der Waals surface area contributed by atoms with Crippen LogP contribution in [0.15, 0.2) is 36.7 Å². The number of rotatable bonds is 7. The molecule has 0 spiro atoms. The molecule has 0 atom stereocenters. The van der Waals surface area contributed by atoms with E-state index in [2.05, 4.69) is 41.6 Å². The van der Waals surface area contributed by atoms with E-state index in [0.717, 1.165) is 24.9 Å². The maximum atomic E-state index is 5.72. The molecule has 1 fully saturated rings. The Labute approximate surface area is 119 Å². The fourth-order valence-electron chi connectivity index (χ4n) is 2.06. The van der Waals surface area contributed by atoms with Gasteiger partial charge < -0.3 is 10.1 Å². The highest BCUT2D eigenvalue weighted by Crippen LogP contribution is 2.19. The van der Waals surface area contributed by atoms with E-state index >= 15 is 0 Å². The number of benzene rings is 1. The largest absolute Gasteiger partial charge is 0.486 e. The Hall–Kier alpha value is -1.81. The fraction of sp³-hybridized carbons (Fsp3) is 0.438. The number of hydrogen-bond donors (Lipinski definition) is 1. The number of ether oxygens (including phenoxy) is 1. The molecule has 0 saturated heterocycles. The van der Waals surface area contributed by atoms with Crippen LogP contribution in [0.3, 0.4) is 0 Å². The monoisotopic (exact) mass is 271 g/mol. The third-order valence-electron chi connectivity index (χ3n) is 3.53. The van der Waals surface area contributed by atoms with Gasteiger partial charge in [-0.25, -0.2) is 0 Å². The predicted molar refractivity (Wildman–Crippen MR) is 78.5 cm³/mol. The topological polar surface area (TPSA) is 39.1 Å². The van der Waals surface area contributed by atoms with E-state index in [0.29, 0.717) is 6.61 Å². The lowest BCUT2D eigenvalue weighted by molar-refractivity contribution is 0.305. The number of hydrogen-bond acceptors (Lipinski definition) is 3. The van der Waals surface area contributed by atoms with Crippen molar-refractivity contribution in [2.45, 2.75) is 45.5 Å². The lowest BCUT2D eigenvalue weighted by Gasteiger charge is -2.06. The summed E-state index contributed by atoms with van der Waals surface area (Å²) in [4.78, 5) is 0. The quantitative estimate of drug-likeness (QED) is 0.841. The molecular weight excluding hydrogens is 250 g/mol. The molecule has 0 radical (unpaired) electrons. The second-order valence-electron chi connectivity index (χ2n) is 5.29. The van der Waals surface area contributed by atoms with Crippen LogP contribution in [-0.2, 0) is 19.7 Å². The van der Waals surface area contributed by atoms with Gasteiger partial charge >= 0.3 is 0 Å². The van der Waals surface area contributed by atoms with Crippen molar-refractivity contribution in [3.05, 3.63) is 47.8 Å². The summed E-state index contributed by atoms with van der Waals surface area (Å²) >= 11 is 0. The van der Waals surface area contributed by atoms with Crippen molar-refractivity contribution in [1.82, 2.24) is 15.1 Å². The summed E-state index contributed by atoms with van der Waals surface area (Å²) in [5, 5.41) is 7.71. The van der Waals surface area contributed by atoms with Gasteiger partial charge in [0.15, 0.2) is 5.75 Å². The van der Waals surface area contributed by atoms with Crippen LogP contribution < -0.4 is 10.1 Å². The van der Waals surface area contributed by atoms with E-state index in [-0.39, 0.29) is 0 Å². The van der Waals surface area contributed by atoms with Crippen LogP contribution in [0, 0.1) is 0 Å². The summed E-state index contributed by atoms with van der Waals surface area (Å²) in [6, 6.07) is 9.36. The molecule has 1 aliphatic rings. The van der Waals surface area contributed by atoms with Crippen LogP contribution in [0.1, 0.15) is 30.9 Å². The zero-order valence-electron chi connectivity index (χ0n) is 11.9. The van der Waals surface area contributed by atoms with Gasteiger partial charge in [-0.3, -0.25) is 4.68 Å². The number of nitrogens with one attached hydrogen (secondary N) is 1. The molecular formula is C16H21N3O. The van der Waals surface area contributed by atoms with Gasteiger partial charge in [0.2, 0.25) is 0 Å². The van der Waals surface area contributed by atoms with E-state index in [9.17, 15) is 0 Å². The van der Waals surface area contributed by atoms with Crippen molar-refractivity contribution in [3.8, 4) is 5.75 Å². The first-order chi connectivity index (χ1) is 9.83. The Morgan fingerprint density at radius 1 is 1.25 bits per heavy atom. The summed E-state index contributed by atoms with van der Waals surface area (Å²) in [6.07, 6.45) is 6.35. The Morgan fingerprint density at radius 2 is 2.00 bits per heavy atom. The molecule has 2 aromatic rings. The normalized spacial score (nSPS) is 14.4. The minimum Gasteiger partial charge on any atom is -0.486 e. The van der Waals surface area contributed by atoms with Crippen molar-refractivity contribution in [1.29, 1.82) is 0 Å². The zero-order valence-corrected chi connectivity index (χ0v) is 11.9. The number of nitrogens with zero attached hydrogens (tertiary/aromatic N) is 2. The third-order valence-corrected chi connectivity index (χ3v) is 3.53. The smallest absolute Gasteiger partial charge is 0.157 e. The molecule has 3 rings (SSSR count). The highest BCUT2D eigenvalue weighted by Gasteiger charge is 2.19. The van der Waals surface area contributed by atoms with Crippen molar-refractivity contribution in [2.24, 2.45) is 0 Å². The molecule has 20 heavy (non-hydrogen) atoms. The van der Waals surface area contributed by atoms with Gasteiger partial charge in [-0.15, -0.1) is 0 Å². The van der Waals surface area contributed by atoms with E-state index in [1.807, 2.05) is 10.9 Å². The van der Waals surface area contributed by atoms with Crippen molar-refractivity contribution >= 4 is 0 Å². The van der Waals surface area contributed by atoms with Gasteiger partial charge in [-0.05, 0) is 30.9 Å². The zero-order chi connectivity index (χ0) is 13.8. The summed E-state index contributed by atoms with van der Waals surface area (Å²) in [6.45, 7) is 4.48. The lowest BCUT2D eigenvalue weighted by Crippen LogP contribution is -2.15. The van der Waals surface area contributed by atoms with Crippen molar-refractivity contribution in [3.63, 3.8) is 0 Å². The SMILES string of the molecule is CCn1cc(OCc2ccc(CNC3CC3)cc2)cn1. The molecule has 0 amide bonds. The van der Waals surface area contributed by atoms with E-state index in [1.54, 1.807) is 6.20 Å². The van der Waals surface area contributed by atoms with Crippen LogP contribution in [0.25, 0.3) is 0 Å². The molecule has 1 saturated carbocycles. The Kier molecular flexibility index (Phi) is 4.02. The van der Waals surface area contributed by atoms with Crippen LogP contribution >= 0.6 is 0 Å². The third kappa shape index (κ3) is 3.61. The van der Waals surface area contributed by atoms with Gasteiger partial charge in [0, 0.05) is 19.1 Å². The molecule has 1 aliphatic carbocycles. The van der Waals surface area contributed by atoms with Crippen molar-refractivity contribution < 1.29 is 4.74 Å². The average Bonchev–Trinajstić information content (AvgIpc) is 3.21. The number of aromatic nitrogens is 2. The first-order valence-corrected chi connectivity index (χ1v) is 7.30. The minimum absolute atomic E-state index is 0.589. The maximum absolute atomic E-state index is 5.72. The van der Waals surface area contributed by atoms with Crippen LogP contribution in [-0.4, -0.2) is 15.8 Å². The molecule has 4 heteroatoms. The van der Waals surface area contributed by atoms with Gasteiger partial charge in [0.05, 0.1) is 12.4 Å². The molecule has 1 aromatic carbocycles. The summed E-state index contributed by atoms with van der Waals surface area (Å²) in [5.41, 5.74) is 2.52. The van der Waals surface area contributed by atoms with Gasteiger partial charge in [0.1, 0.15) is 6.61 Å². The van der Waals surface area contributed by atoms with Gasteiger partial charge in [-0.1, -0.05) is 24.3 Å². The molecule has 106 valence electrons. The summed E-state index contributed by atoms with van der Waals surface area (Å²) in [5.74, 6) is 0.825. The highest BCUT2D eigenvalue weighted by molar-refractivity contribution is 5.23. The predicted octanol–water partition coefficient (Wildman–Crippen LogP) is 2.73. The molecule has 0 aliphatic heterocycles. The second kappa shape index (κ2) is 6.09. The Balaban J connectivity index is 1.49. The lowest BCUT2D eigenvalue weighted by atomic mass is 10.1. The minimum atomic E-state index is 0.589. The Morgan fingerprint density at radius 3 is 2.65 bits per heavy atom. The van der Waals surface area contributed by atoms with Gasteiger partial charge in [-0.2, -0.15) is 5.10 Å². The average molecular weight is 271 g/mol. The van der Waals surface area contributed by atoms with Crippen LogP contribution in [0.5, 0.6) is 5.75 Å². The Bertz CT molecular complexity index is 543. The first-order valence-electron chi connectivity index (χ1n) is 7.30. The second-order valence-corrected chi connectivity index (χ2v) is 5.29. The molecule has 1 N–H and O–H groups in total. The van der Waals surface area contributed by atoms with E-state index in [1.165, 1.54) is 24.0 Å². The highest BCUT2D eigenvalue weighted by atomic mass is 16.5. The molecule has 0 unspecified atom stereocenters. The molecule has 0 bridgehead atoms. The van der Waals surface area contributed by atoms with Crippen LogP contribution in [0.2, 0.25) is 0 Å². The fourth-order valence-corrected chi connectivity index (χ4v) is 2.06. The van der Waals surface area contributed by atoms with Gasteiger partial charge in [0.25, 0.3) is 0 Å². The summed E-state index contributed by atoms with van der Waals surface area (Å²) < 4.78 is 7.59. The molecule has 1 aromatic heterocycles. The standard InChI is InChI=1S/C16H21N3O/c1-2-19-11-16(10-18-19)20-12-14-5-3-13(4-6-14)9-17-15-7-8-15/h3-6,10-11,15,17H,2,7-9,12H2,1H3. The van der Waals surface area contributed by atoms with Crippen LogP contribution in [0.4, 0.5) is 0 Å².